The smallest absolute Gasteiger partial charge is 0.407 e. The van der Waals surface area contributed by atoms with Crippen LogP contribution in [0, 0.1) is 11.7 Å². The van der Waals surface area contributed by atoms with E-state index in [0.29, 0.717) is 53.4 Å². The van der Waals surface area contributed by atoms with Gasteiger partial charge in [0.25, 0.3) is 0 Å². The number of hydrogen-bond acceptors (Lipinski definition) is 10. The number of rotatable bonds is 4. The van der Waals surface area contributed by atoms with E-state index in [1.54, 1.807) is 19.5 Å². The van der Waals surface area contributed by atoms with E-state index in [0.717, 1.165) is 56.1 Å². The van der Waals surface area contributed by atoms with Gasteiger partial charge in [0.15, 0.2) is 5.82 Å². The number of aromatic amines is 1. The fourth-order valence-corrected chi connectivity index (χ4v) is 8.94. The number of hydrogen-bond donors (Lipinski definition) is 2. The number of anilines is 1. The van der Waals surface area contributed by atoms with Gasteiger partial charge in [0.05, 0.1) is 41.4 Å². The van der Waals surface area contributed by atoms with E-state index < -0.39 is 11.9 Å². The van der Waals surface area contributed by atoms with Gasteiger partial charge in [-0.3, -0.25) is 15.0 Å². The molecule has 1 aromatic carbocycles. The Morgan fingerprint density at radius 1 is 1.14 bits per heavy atom. The fraction of sp³-hybridized carbons (Fsp3) is 0.571. The molecule has 2 N–H and O–H groups in total. The number of pyridine rings is 1. The number of aromatic nitrogens is 5. The number of ether oxygens (including phenoxy) is 3. The Bertz CT molecular complexity index is 1900. The highest BCUT2D eigenvalue weighted by atomic mass is 35.5. The molecule has 4 fully saturated rings. The second-order valence-electron chi connectivity index (χ2n) is 13.7. The molecule has 14 heteroatoms. The van der Waals surface area contributed by atoms with Gasteiger partial charge >= 0.3 is 12.1 Å². The van der Waals surface area contributed by atoms with E-state index in [1.165, 1.54) is 0 Å². The van der Waals surface area contributed by atoms with Gasteiger partial charge in [0.2, 0.25) is 0 Å². The maximum atomic E-state index is 17.2. The Kier molecular flexibility index (Phi) is 8.48. The quantitative estimate of drug-likeness (QED) is 0.269. The number of alkyl carbamates (subject to hydrolysis) is 1. The minimum absolute atomic E-state index is 0.0414. The summed E-state index contributed by atoms with van der Waals surface area (Å²) in [6, 6.07) is 1.58. The van der Waals surface area contributed by atoms with Crippen LogP contribution in [0.2, 0.25) is 5.02 Å². The third kappa shape index (κ3) is 5.54. The van der Waals surface area contributed by atoms with Gasteiger partial charge in [-0.25, -0.2) is 9.18 Å². The number of carbonyl (C=O) groups excluding carboxylic acids is 1. The molecule has 4 unspecified atom stereocenters. The van der Waals surface area contributed by atoms with Crippen molar-refractivity contribution in [2.75, 3.05) is 51.4 Å². The van der Waals surface area contributed by atoms with E-state index in [4.69, 9.17) is 40.8 Å². The lowest BCUT2D eigenvalue weighted by Gasteiger charge is -2.31. The van der Waals surface area contributed by atoms with Crippen LogP contribution >= 0.6 is 11.6 Å². The van der Waals surface area contributed by atoms with Crippen molar-refractivity contribution >= 4 is 45.3 Å². The molecule has 3 saturated heterocycles. The Morgan fingerprint density at radius 3 is 2.76 bits per heavy atom. The monoisotopic (exact) mass is 692 g/mol. The van der Waals surface area contributed by atoms with Crippen LogP contribution in [0.15, 0.2) is 18.5 Å². The number of H-pyrrole nitrogens is 1. The fourth-order valence-electron chi connectivity index (χ4n) is 8.59. The topological polar surface area (TPSA) is 131 Å². The Hall–Kier alpha value is -3.81. The third-order valence-electron chi connectivity index (χ3n) is 11.1. The molecular weight excluding hydrogens is 651 g/mol. The number of nitrogens with zero attached hydrogens (tertiary/aromatic N) is 6. The number of methoxy groups -OCH3 is 1. The molecule has 4 atom stereocenters. The summed E-state index contributed by atoms with van der Waals surface area (Å²) < 4.78 is 35.0. The molecule has 10 rings (SSSR count). The average Bonchev–Trinajstić information content (AvgIpc) is 3.51. The molecular formula is C35H42ClFN8O4. The molecule has 4 aromatic rings. The summed E-state index contributed by atoms with van der Waals surface area (Å²) in [5.74, 6) is 0.174. The predicted molar refractivity (Wildman–Crippen MR) is 184 cm³/mol. The first-order chi connectivity index (χ1) is 23.9. The van der Waals surface area contributed by atoms with Crippen LogP contribution in [0.3, 0.4) is 0 Å². The Labute approximate surface area is 289 Å². The lowest BCUT2D eigenvalue weighted by Crippen LogP contribution is -2.44. The maximum Gasteiger partial charge on any atom is 0.407 e. The summed E-state index contributed by atoms with van der Waals surface area (Å²) >= 11 is 6.93. The molecule has 6 bridgehead atoms. The standard InChI is InChI=1S/C33H36ClFN8O4.C2H6/c1-45-24-15-42-14-23(24)38-32(44)46-9-4-17-10-18(17)25-21(34)11-22-19(13-37-41-22)26(25)29-27(35)28-20(12-36-29)30(42)40-31(39-28)47-16-33-5-2-7-43(33)8-3-6-33;1-2/h11-13,17-18,23-24H,2-10,14-16H2,1H3,(H,37,41)(H,38,44);1-2H3. The van der Waals surface area contributed by atoms with E-state index in [9.17, 15) is 4.79 Å². The zero-order valence-electron chi connectivity index (χ0n) is 28.1. The minimum atomic E-state index is -0.569. The predicted octanol–water partition coefficient (Wildman–Crippen LogP) is 5.83. The molecule has 1 saturated carbocycles. The second-order valence-corrected chi connectivity index (χ2v) is 14.1. The summed E-state index contributed by atoms with van der Waals surface area (Å²) in [5.41, 5.74) is 2.35. The second kappa shape index (κ2) is 12.8. The molecule has 260 valence electrons. The lowest BCUT2D eigenvalue weighted by atomic mass is 9.94. The summed E-state index contributed by atoms with van der Waals surface area (Å²) in [7, 11) is 1.61. The van der Waals surface area contributed by atoms with Crippen molar-refractivity contribution < 1.29 is 23.4 Å². The normalized spacial score (nSPS) is 25.7. The van der Waals surface area contributed by atoms with Crippen molar-refractivity contribution in [2.45, 2.75) is 76.0 Å². The molecule has 1 amide bonds. The van der Waals surface area contributed by atoms with Gasteiger partial charge in [0, 0.05) is 42.4 Å². The number of benzene rings is 1. The molecule has 1 aliphatic carbocycles. The SMILES string of the molecule is CC.COC1CN2CC1NC(=O)OCCC1CC1c1c(Cl)cc3[nH]ncc3c1-c1ncc3c2nc(OCC24CCCN2CCC4)nc3c1F. The minimum Gasteiger partial charge on any atom is -0.461 e. The summed E-state index contributed by atoms with van der Waals surface area (Å²) in [5, 5.41) is 11.9. The Morgan fingerprint density at radius 2 is 1.96 bits per heavy atom. The van der Waals surface area contributed by atoms with Crippen molar-refractivity contribution in [2.24, 2.45) is 5.92 Å². The summed E-state index contributed by atoms with van der Waals surface area (Å²) in [6.45, 7) is 7.60. The van der Waals surface area contributed by atoms with Crippen LogP contribution in [0.1, 0.15) is 63.9 Å². The maximum absolute atomic E-state index is 17.2. The Balaban J connectivity index is 0.00000171. The van der Waals surface area contributed by atoms with Gasteiger partial charge in [-0.15, -0.1) is 0 Å². The zero-order chi connectivity index (χ0) is 33.9. The summed E-state index contributed by atoms with van der Waals surface area (Å²) in [6.07, 6.45) is 8.36. The van der Waals surface area contributed by atoms with Crippen molar-refractivity contribution in [3.63, 3.8) is 0 Å². The molecule has 8 heterocycles. The highest BCUT2D eigenvalue weighted by Gasteiger charge is 2.46. The van der Waals surface area contributed by atoms with E-state index in [-0.39, 0.29) is 53.3 Å². The molecule has 49 heavy (non-hydrogen) atoms. The van der Waals surface area contributed by atoms with Crippen molar-refractivity contribution in [1.29, 1.82) is 0 Å². The lowest BCUT2D eigenvalue weighted by molar-refractivity contribution is 0.0876. The van der Waals surface area contributed by atoms with Crippen LogP contribution in [0.4, 0.5) is 15.0 Å². The molecule has 5 aliphatic heterocycles. The number of halogens is 2. The average molecular weight is 693 g/mol. The molecule has 3 aromatic heterocycles. The van der Waals surface area contributed by atoms with Crippen LogP contribution in [0.25, 0.3) is 33.1 Å². The van der Waals surface area contributed by atoms with E-state index in [1.807, 2.05) is 24.8 Å². The number of nitrogens with one attached hydrogen (secondary N) is 2. The van der Waals surface area contributed by atoms with Crippen LogP contribution in [0.5, 0.6) is 6.01 Å². The van der Waals surface area contributed by atoms with Crippen LogP contribution in [-0.2, 0) is 9.47 Å². The van der Waals surface area contributed by atoms with Crippen LogP contribution in [-0.4, -0.2) is 100 Å². The largest absolute Gasteiger partial charge is 0.461 e. The first-order valence-corrected chi connectivity index (χ1v) is 17.9. The highest BCUT2D eigenvalue weighted by Crippen LogP contribution is 2.56. The molecule has 6 aliphatic rings. The number of carbonyl (C=O) groups is 1. The van der Waals surface area contributed by atoms with Gasteiger partial charge in [-0.05, 0) is 75.1 Å². The van der Waals surface area contributed by atoms with Crippen molar-refractivity contribution in [1.82, 2.24) is 35.4 Å². The molecule has 0 spiro atoms. The number of fused-ring (bicyclic) bond motifs is 7. The van der Waals surface area contributed by atoms with Crippen molar-refractivity contribution in [3.8, 4) is 17.3 Å². The van der Waals surface area contributed by atoms with E-state index in [2.05, 4.69) is 20.4 Å². The first kappa shape index (κ1) is 32.4. The number of amides is 1. The van der Waals surface area contributed by atoms with Gasteiger partial charge < -0.3 is 24.4 Å². The highest BCUT2D eigenvalue weighted by molar-refractivity contribution is 6.33. The van der Waals surface area contributed by atoms with Crippen LogP contribution < -0.4 is 15.0 Å². The molecule has 12 nitrogen and oxygen atoms in total. The first-order valence-electron chi connectivity index (χ1n) is 17.5. The van der Waals surface area contributed by atoms with Gasteiger partial charge in [-0.2, -0.15) is 15.1 Å². The third-order valence-corrected chi connectivity index (χ3v) is 11.4. The summed E-state index contributed by atoms with van der Waals surface area (Å²) in [4.78, 5) is 31.7. The van der Waals surface area contributed by atoms with Gasteiger partial charge in [-0.1, -0.05) is 25.4 Å². The molecule has 0 radical (unpaired) electrons. The van der Waals surface area contributed by atoms with E-state index >= 15 is 4.39 Å². The zero-order valence-corrected chi connectivity index (χ0v) is 28.9. The van der Waals surface area contributed by atoms with Crippen molar-refractivity contribution in [3.05, 3.63) is 34.9 Å². The van der Waals surface area contributed by atoms with Gasteiger partial charge in [0.1, 0.15) is 23.6 Å².